The fourth-order valence-electron chi connectivity index (χ4n) is 4.02. The first-order valence-electron chi connectivity index (χ1n) is 10.2. The Morgan fingerprint density at radius 3 is 2.44 bits per heavy atom. The van der Waals surface area contributed by atoms with Gasteiger partial charge in [-0.05, 0) is 54.3 Å². The summed E-state index contributed by atoms with van der Waals surface area (Å²) in [5, 5.41) is 8.05. The van der Waals surface area contributed by atoms with Gasteiger partial charge in [0.2, 0.25) is 0 Å². The van der Waals surface area contributed by atoms with Crippen molar-refractivity contribution in [3.63, 3.8) is 0 Å². The first kappa shape index (κ1) is 21.7. The quantitative estimate of drug-likeness (QED) is 0.368. The lowest BCUT2D eigenvalue weighted by atomic mass is 9.93. The zero-order chi connectivity index (χ0) is 23.0. The zero-order valence-electron chi connectivity index (χ0n) is 18.0. The number of hydrogen-bond donors (Lipinski definition) is 1. The molecule has 162 valence electrons. The van der Waals surface area contributed by atoms with Crippen molar-refractivity contribution in [2.75, 3.05) is 6.26 Å². The second-order valence-electron chi connectivity index (χ2n) is 7.92. The van der Waals surface area contributed by atoms with E-state index in [2.05, 4.69) is 22.0 Å². The van der Waals surface area contributed by atoms with Crippen LogP contribution in [0.25, 0.3) is 38.1 Å². The molecule has 3 aromatic carbocycles. The van der Waals surface area contributed by atoms with Crippen LogP contribution in [0.2, 0.25) is 0 Å². The smallest absolute Gasteiger partial charge is 0.197 e. The number of hydrogen-bond acceptors (Lipinski definition) is 3. The summed E-state index contributed by atoms with van der Waals surface area (Å²) < 4.78 is 38.7. The van der Waals surface area contributed by atoms with Gasteiger partial charge in [0.15, 0.2) is 15.5 Å². The van der Waals surface area contributed by atoms with E-state index >= 15 is 4.39 Å². The molecule has 0 radical (unpaired) electrons. The topological polar surface area (TPSA) is 67.2 Å². The first-order chi connectivity index (χ1) is 15.2. The van der Waals surface area contributed by atoms with Crippen molar-refractivity contribution in [3.8, 4) is 22.4 Å². The van der Waals surface area contributed by atoms with Crippen molar-refractivity contribution in [3.05, 3.63) is 76.9 Å². The van der Waals surface area contributed by atoms with Gasteiger partial charge in [0.25, 0.3) is 0 Å². The summed E-state index contributed by atoms with van der Waals surface area (Å²) in [6, 6.07) is 13.4. The molecule has 0 aliphatic carbocycles. The Morgan fingerprint density at radius 2 is 1.84 bits per heavy atom. The zero-order valence-corrected chi connectivity index (χ0v) is 18.8. The average Bonchev–Trinajstić information content (AvgIpc) is 3.15. The molecule has 0 spiro atoms. The second-order valence-corrected chi connectivity index (χ2v) is 9.93. The first-order valence-corrected chi connectivity index (χ1v) is 12.1. The van der Waals surface area contributed by atoms with Crippen LogP contribution in [0.4, 0.5) is 10.1 Å². The molecule has 0 fully saturated rings. The summed E-state index contributed by atoms with van der Waals surface area (Å²) in [5.41, 5.74) is 4.97. The molecule has 0 bridgehead atoms. The Bertz CT molecular complexity index is 1460. The van der Waals surface area contributed by atoms with Gasteiger partial charge in [-0.2, -0.15) is 5.10 Å². The highest BCUT2D eigenvalue weighted by Crippen LogP contribution is 2.40. The van der Waals surface area contributed by atoms with Crippen LogP contribution in [-0.2, 0) is 16.3 Å². The number of fused-ring (bicyclic) bond motifs is 1. The summed E-state index contributed by atoms with van der Waals surface area (Å²) in [7, 11) is -3.30. The molecule has 0 aliphatic heterocycles. The largest absolute Gasteiger partial charge is 0.278 e. The summed E-state index contributed by atoms with van der Waals surface area (Å²) in [6.45, 7) is 11.5. The van der Waals surface area contributed by atoms with Gasteiger partial charge in [-0.1, -0.05) is 37.6 Å². The van der Waals surface area contributed by atoms with Gasteiger partial charge in [-0.25, -0.2) is 17.7 Å². The van der Waals surface area contributed by atoms with E-state index in [9.17, 15) is 8.42 Å². The molecule has 0 unspecified atom stereocenters. The van der Waals surface area contributed by atoms with Crippen LogP contribution in [0.1, 0.15) is 24.5 Å². The molecule has 0 atom stereocenters. The van der Waals surface area contributed by atoms with Crippen LogP contribution in [0.15, 0.2) is 53.4 Å². The second kappa shape index (κ2) is 8.21. The summed E-state index contributed by atoms with van der Waals surface area (Å²) in [5.74, 6) is -0.347. The van der Waals surface area contributed by atoms with Gasteiger partial charge < -0.3 is 0 Å². The Labute approximate surface area is 186 Å². The fraction of sp³-hybridized carbons (Fsp3) is 0.200. The standard InChI is InChI=1S/C25H22FN3O2S/c1-5-6-16-11-15(2)24(21(26)12-16)19-13-20-23(14-22(19)27-3)28-29-25(20)17-7-9-18(10-8-17)32(4,30)31/h7-14H,5-6H2,1-2,4H3,(H,28,29). The number of aromatic amines is 1. The highest BCUT2D eigenvalue weighted by molar-refractivity contribution is 7.90. The Hall–Kier alpha value is -3.50. The number of rotatable bonds is 5. The van der Waals surface area contributed by atoms with E-state index < -0.39 is 9.84 Å². The van der Waals surface area contributed by atoms with Crippen molar-refractivity contribution in [2.24, 2.45) is 0 Å². The van der Waals surface area contributed by atoms with Gasteiger partial charge in [0, 0.05) is 22.8 Å². The lowest BCUT2D eigenvalue weighted by molar-refractivity contribution is 0.602. The number of aryl methyl sites for hydroxylation is 2. The van der Waals surface area contributed by atoms with Crippen molar-refractivity contribution in [1.29, 1.82) is 0 Å². The number of sulfone groups is 1. The number of nitrogens with one attached hydrogen (secondary N) is 1. The molecule has 1 N–H and O–H groups in total. The van der Waals surface area contributed by atoms with Crippen LogP contribution in [0, 0.1) is 19.3 Å². The summed E-state index contributed by atoms with van der Waals surface area (Å²) in [4.78, 5) is 3.85. The van der Waals surface area contributed by atoms with Crippen LogP contribution in [0.5, 0.6) is 0 Å². The summed E-state index contributed by atoms with van der Waals surface area (Å²) >= 11 is 0. The lowest BCUT2D eigenvalue weighted by Crippen LogP contribution is -1.96. The van der Waals surface area contributed by atoms with Gasteiger partial charge in [0.1, 0.15) is 5.82 Å². The molecule has 7 heteroatoms. The van der Waals surface area contributed by atoms with Crippen molar-refractivity contribution in [1.82, 2.24) is 10.2 Å². The van der Waals surface area contributed by atoms with E-state index in [1.165, 1.54) is 12.1 Å². The molecule has 0 saturated heterocycles. The Kier molecular flexibility index (Phi) is 5.57. The normalized spacial score (nSPS) is 11.6. The fourth-order valence-corrected chi connectivity index (χ4v) is 4.65. The number of benzene rings is 3. The molecule has 0 saturated carbocycles. The number of halogens is 1. The predicted octanol–water partition coefficient (Wildman–Crippen LogP) is 6.25. The van der Waals surface area contributed by atoms with E-state index in [0.717, 1.165) is 41.2 Å². The minimum atomic E-state index is -3.30. The van der Waals surface area contributed by atoms with E-state index in [0.29, 0.717) is 28.0 Å². The predicted molar refractivity (Wildman–Crippen MR) is 125 cm³/mol. The number of aromatic nitrogens is 2. The average molecular weight is 448 g/mol. The maximum atomic E-state index is 15.2. The monoisotopic (exact) mass is 447 g/mol. The molecule has 5 nitrogen and oxygen atoms in total. The van der Waals surface area contributed by atoms with E-state index in [-0.39, 0.29) is 10.7 Å². The maximum absolute atomic E-state index is 15.2. The SMILES string of the molecule is [C-]#[N+]c1cc2[nH]nc(-c3ccc(S(C)(=O)=O)cc3)c2cc1-c1c(C)cc(CCC)cc1F. The van der Waals surface area contributed by atoms with Crippen LogP contribution < -0.4 is 0 Å². The number of H-pyrrole nitrogens is 1. The third-order valence-corrected chi connectivity index (χ3v) is 6.64. The van der Waals surface area contributed by atoms with Crippen molar-refractivity contribution < 1.29 is 12.8 Å². The van der Waals surface area contributed by atoms with Crippen LogP contribution >= 0.6 is 0 Å². The minimum Gasteiger partial charge on any atom is -0.278 e. The molecule has 4 rings (SSSR count). The molecular formula is C25H22FN3O2S. The molecular weight excluding hydrogens is 425 g/mol. The maximum Gasteiger partial charge on any atom is 0.197 e. The molecule has 4 aromatic rings. The van der Waals surface area contributed by atoms with E-state index in [4.69, 9.17) is 6.57 Å². The van der Waals surface area contributed by atoms with Gasteiger partial charge >= 0.3 is 0 Å². The lowest BCUT2D eigenvalue weighted by Gasteiger charge is -2.13. The van der Waals surface area contributed by atoms with E-state index in [1.54, 1.807) is 30.3 Å². The molecule has 32 heavy (non-hydrogen) atoms. The third-order valence-electron chi connectivity index (χ3n) is 5.51. The van der Waals surface area contributed by atoms with Gasteiger partial charge in [-0.3, -0.25) is 5.10 Å². The highest BCUT2D eigenvalue weighted by Gasteiger charge is 2.18. The molecule has 1 aromatic heterocycles. The minimum absolute atomic E-state index is 0.224. The molecule has 0 amide bonds. The number of nitrogens with zero attached hydrogens (tertiary/aromatic N) is 2. The molecule has 1 heterocycles. The third kappa shape index (κ3) is 3.90. The molecule has 0 aliphatic rings. The van der Waals surface area contributed by atoms with Crippen molar-refractivity contribution >= 4 is 26.4 Å². The Morgan fingerprint density at radius 1 is 1.12 bits per heavy atom. The van der Waals surface area contributed by atoms with Gasteiger partial charge in [-0.15, -0.1) is 0 Å². The van der Waals surface area contributed by atoms with Gasteiger partial charge in [0.05, 0.1) is 22.7 Å². The van der Waals surface area contributed by atoms with Crippen LogP contribution in [-0.4, -0.2) is 24.9 Å². The van der Waals surface area contributed by atoms with Crippen LogP contribution in [0.3, 0.4) is 0 Å². The van der Waals surface area contributed by atoms with Crippen molar-refractivity contribution in [2.45, 2.75) is 31.6 Å². The van der Waals surface area contributed by atoms with E-state index in [1.807, 2.05) is 13.0 Å². The summed E-state index contributed by atoms with van der Waals surface area (Å²) in [6.07, 6.45) is 2.88. The Balaban J connectivity index is 1.90. The highest BCUT2D eigenvalue weighted by atomic mass is 32.2.